The van der Waals surface area contributed by atoms with Crippen LogP contribution in [0.15, 0.2) is 73.1 Å². The summed E-state index contributed by atoms with van der Waals surface area (Å²) in [6, 6.07) is 10.1. The number of phenolic OH excluding ortho intramolecular Hbond substituents is 1. The summed E-state index contributed by atoms with van der Waals surface area (Å²) in [7, 11) is 0. The van der Waals surface area contributed by atoms with Gasteiger partial charge in [-0.15, -0.1) is 11.6 Å². The number of halogens is 7. The minimum Gasteiger partial charge on any atom is -0.503 e. The summed E-state index contributed by atoms with van der Waals surface area (Å²) in [5.74, 6) is -9.57. The fourth-order valence-electron chi connectivity index (χ4n) is 4.85. The topological polar surface area (TPSA) is 148 Å². The summed E-state index contributed by atoms with van der Waals surface area (Å²) in [5.41, 5.74) is -0.466. The van der Waals surface area contributed by atoms with Gasteiger partial charge in [0, 0.05) is 12.4 Å². The molecule has 10 nitrogen and oxygen atoms in total. The number of hydrogen-bond donors (Lipinski definition) is 3. The van der Waals surface area contributed by atoms with E-state index in [1.807, 2.05) is 13.8 Å². The van der Waals surface area contributed by atoms with E-state index in [1.165, 1.54) is 48.8 Å². The Hall–Kier alpha value is -5.51. The van der Waals surface area contributed by atoms with E-state index in [0.29, 0.717) is 19.3 Å². The smallest absolute Gasteiger partial charge is 0.256 e. The van der Waals surface area contributed by atoms with E-state index >= 15 is 0 Å². The molecular formula is C41H47ClF6N4O6. The fraction of sp³-hybridized carbons (Fsp3) is 0.366. The Kier molecular flexibility index (Phi) is 23.7. The highest BCUT2D eigenvalue weighted by atomic mass is 35.5. The molecule has 0 aliphatic heterocycles. The van der Waals surface area contributed by atoms with Gasteiger partial charge in [0.05, 0.1) is 29.1 Å². The highest BCUT2D eigenvalue weighted by molar-refractivity contribution is 6.28. The molecule has 2 aromatic carbocycles. The fourth-order valence-corrected chi connectivity index (χ4v) is 5.04. The zero-order valence-corrected chi connectivity index (χ0v) is 31.9. The first-order valence-corrected chi connectivity index (χ1v) is 18.4. The van der Waals surface area contributed by atoms with Crippen LogP contribution < -0.4 is 15.4 Å². The second-order valence-electron chi connectivity index (χ2n) is 12.2. The number of nitrogens with zero attached hydrogens (tertiary/aromatic N) is 2. The maximum atomic E-state index is 13.7. The van der Waals surface area contributed by atoms with Crippen LogP contribution in [0.4, 0.5) is 26.3 Å². The number of carbonyl (C=O) groups is 4. The number of amides is 2. The standard InChI is InChI=1S/C20H21F3N2O3.C14H18ClFN2O2.C6H4F2O.CH4/c1-2-3-4-10-16(25-20(27)13-7-6-11-24-19(13)23)17(26)12-28-18-14(21)8-5-9-15(18)22;1-2-3-4-7-11(12(19)9-15)18-14(20)10-6-5-8-17-13(10)16;7-4-2-1-3-5(8)6(4)9;/h5-9,11,16H,2-4,10,12H2,1H3,(H,25,27);5-6,8,11H,2-4,7,9H2,1H3,(H,18,20);1-3,9H;1H4/t16-;11-;;/m00../s1. The lowest BCUT2D eigenvalue weighted by molar-refractivity contribution is -0.123. The number of nitrogens with one attached hydrogen (secondary N) is 2. The summed E-state index contributed by atoms with van der Waals surface area (Å²) in [5, 5.41) is 13.4. The van der Waals surface area contributed by atoms with Crippen molar-refractivity contribution in [2.24, 2.45) is 0 Å². The van der Waals surface area contributed by atoms with Crippen molar-refractivity contribution in [3.63, 3.8) is 0 Å². The minimum atomic E-state index is -0.978. The quantitative estimate of drug-likeness (QED) is 0.0390. The molecule has 58 heavy (non-hydrogen) atoms. The number of ketones is 2. The Balaban J connectivity index is 0.000000486. The van der Waals surface area contributed by atoms with E-state index in [9.17, 15) is 45.5 Å². The van der Waals surface area contributed by atoms with Crippen molar-refractivity contribution in [2.75, 3.05) is 12.5 Å². The van der Waals surface area contributed by atoms with Crippen LogP contribution >= 0.6 is 11.6 Å². The number of phenols is 1. The number of unbranched alkanes of at least 4 members (excludes halogenated alkanes) is 4. The zero-order valence-electron chi connectivity index (χ0n) is 31.2. The predicted octanol–water partition coefficient (Wildman–Crippen LogP) is 8.84. The van der Waals surface area contributed by atoms with Gasteiger partial charge >= 0.3 is 0 Å². The average molecular weight is 841 g/mol. The van der Waals surface area contributed by atoms with Crippen LogP contribution in [-0.4, -0.2) is 63.0 Å². The molecule has 0 saturated carbocycles. The summed E-state index contributed by atoms with van der Waals surface area (Å²) in [6.45, 7) is 3.39. The molecule has 2 atom stereocenters. The van der Waals surface area contributed by atoms with Gasteiger partial charge in [0.2, 0.25) is 11.9 Å². The van der Waals surface area contributed by atoms with Crippen LogP contribution in [0.3, 0.4) is 0 Å². The molecule has 4 aromatic rings. The number of aromatic nitrogens is 2. The lowest BCUT2D eigenvalue weighted by Gasteiger charge is -2.18. The Morgan fingerprint density at radius 3 is 1.45 bits per heavy atom. The van der Waals surface area contributed by atoms with Crippen LogP contribution in [0.2, 0.25) is 0 Å². The van der Waals surface area contributed by atoms with Crippen LogP contribution in [-0.2, 0) is 9.59 Å². The van der Waals surface area contributed by atoms with Gasteiger partial charge in [0.15, 0.2) is 46.3 Å². The van der Waals surface area contributed by atoms with E-state index in [-0.39, 0.29) is 30.2 Å². The molecule has 3 N–H and O–H groups in total. The molecule has 17 heteroatoms. The third kappa shape index (κ3) is 16.9. The Morgan fingerprint density at radius 2 is 1.07 bits per heavy atom. The minimum absolute atomic E-state index is 0. The van der Waals surface area contributed by atoms with Gasteiger partial charge in [-0.25, -0.2) is 27.5 Å². The number of pyridine rings is 2. The molecule has 316 valence electrons. The molecule has 2 heterocycles. The second-order valence-corrected chi connectivity index (χ2v) is 12.5. The van der Waals surface area contributed by atoms with Gasteiger partial charge in [-0.05, 0) is 61.4 Å². The molecular weight excluding hydrogens is 794 g/mol. The van der Waals surface area contributed by atoms with Gasteiger partial charge in [0.1, 0.15) is 6.61 Å². The third-order valence-electron chi connectivity index (χ3n) is 7.94. The predicted molar refractivity (Wildman–Crippen MR) is 207 cm³/mol. The summed E-state index contributed by atoms with van der Waals surface area (Å²) >= 11 is 5.53. The second kappa shape index (κ2) is 27.2. The number of para-hydroxylation sites is 2. The van der Waals surface area contributed by atoms with E-state index in [1.54, 1.807) is 0 Å². The number of hydrogen-bond acceptors (Lipinski definition) is 8. The number of Topliss-reactive ketones (excluding diaryl/α,β-unsaturated/α-hetero) is 2. The highest BCUT2D eigenvalue weighted by Crippen LogP contribution is 2.21. The first-order chi connectivity index (χ1) is 27.2. The molecule has 4 rings (SSSR count). The van der Waals surface area contributed by atoms with Gasteiger partial charge in [-0.1, -0.05) is 71.9 Å². The number of carbonyl (C=O) groups excluding carboxylic acids is 4. The lowest BCUT2D eigenvalue weighted by atomic mass is 10.0. The Bertz CT molecular complexity index is 1880. The zero-order chi connectivity index (χ0) is 42.3. The largest absolute Gasteiger partial charge is 0.503 e. The van der Waals surface area contributed by atoms with Crippen molar-refractivity contribution in [2.45, 2.75) is 84.7 Å². The molecule has 0 bridgehead atoms. The molecule has 0 aliphatic rings. The van der Waals surface area contributed by atoms with Crippen molar-refractivity contribution in [1.82, 2.24) is 20.6 Å². The van der Waals surface area contributed by atoms with Crippen LogP contribution in [0.1, 0.15) is 93.4 Å². The molecule has 0 radical (unpaired) electrons. The van der Waals surface area contributed by atoms with Gasteiger partial charge < -0.3 is 20.5 Å². The van der Waals surface area contributed by atoms with Gasteiger partial charge in [-0.3, -0.25) is 19.2 Å². The van der Waals surface area contributed by atoms with E-state index in [4.69, 9.17) is 21.4 Å². The van der Waals surface area contributed by atoms with E-state index in [2.05, 4.69) is 20.6 Å². The maximum Gasteiger partial charge on any atom is 0.256 e. The van der Waals surface area contributed by atoms with Gasteiger partial charge in [-0.2, -0.15) is 8.78 Å². The van der Waals surface area contributed by atoms with Gasteiger partial charge in [0.25, 0.3) is 11.8 Å². The Labute approximate surface area is 338 Å². The number of aromatic hydroxyl groups is 1. The van der Waals surface area contributed by atoms with E-state index in [0.717, 1.165) is 56.4 Å². The number of benzene rings is 2. The molecule has 0 saturated heterocycles. The summed E-state index contributed by atoms with van der Waals surface area (Å²) in [4.78, 5) is 55.2. The van der Waals surface area contributed by atoms with Crippen LogP contribution in [0, 0.1) is 35.2 Å². The third-order valence-corrected chi connectivity index (χ3v) is 8.20. The van der Waals surface area contributed by atoms with E-state index < -0.39 is 83.0 Å². The monoisotopic (exact) mass is 840 g/mol. The molecule has 0 spiro atoms. The van der Waals surface area contributed by atoms with Crippen molar-refractivity contribution < 1.29 is 55.4 Å². The maximum absolute atomic E-state index is 13.7. The van der Waals surface area contributed by atoms with Crippen molar-refractivity contribution in [3.8, 4) is 11.5 Å². The average Bonchev–Trinajstić information content (AvgIpc) is 3.19. The van der Waals surface area contributed by atoms with Crippen LogP contribution in [0.25, 0.3) is 0 Å². The first kappa shape index (κ1) is 50.5. The lowest BCUT2D eigenvalue weighted by Crippen LogP contribution is -2.43. The molecule has 0 unspecified atom stereocenters. The van der Waals surface area contributed by atoms with Crippen molar-refractivity contribution in [3.05, 3.63) is 119 Å². The molecule has 0 aliphatic carbocycles. The number of ether oxygens (including phenoxy) is 1. The molecule has 2 aromatic heterocycles. The SMILES string of the molecule is C.CCCCC[C@H](NC(=O)c1cccnc1F)C(=O)CCl.CCCCC[C@H](NC(=O)c1cccnc1F)C(=O)COc1c(F)cccc1F.Oc1c(F)cccc1F. The molecule has 2 amide bonds. The summed E-state index contributed by atoms with van der Waals surface area (Å²) in [6.07, 6.45) is 8.39. The number of alkyl halides is 1. The van der Waals surface area contributed by atoms with Crippen molar-refractivity contribution >= 4 is 35.0 Å². The number of rotatable bonds is 18. The first-order valence-electron chi connectivity index (χ1n) is 17.9. The normalized spacial score (nSPS) is 11.3. The highest BCUT2D eigenvalue weighted by Gasteiger charge is 2.25. The van der Waals surface area contributed by atoms with Crippen LogP contribution in [0.5, 0.6) is 11.5 Å². The molecule has 0 fully saturated rings. The Morgan fingerprint density at radius 1 is 0.655 bits per heavy atom. The summed E-state index contributed by atoms with van der Waals surface area (Å²) < 4.78 is 83.5. The van der Waals surface area contributed by atoms with Crippen molar-refractivity contribution in [1.29, 1.82) is 0 Å².